The number of likely N-dealkylation sites (N-methyl/N-ethyl adjacent to an activating group) is 1. The zero-order valence-electron chi connectivity index (χ0n) is 11.4. The van der Waals surface area contributed by atoms with Crippen molar-refractivity contribution in [3.63, 3.8) is 0 Å². The molecule has 20 heavy (non-hydrogen) atoms. The van der Waals surface area contributed by atoms with Crippen molar-refractivity contribution in [2.75, 3.05) is 20.3 Å². The maximum absolute atomic E-state index is 14.0. The summed E-state index contributed by atoms with van der Waals surface area (Å²) < 4.78 is 19.5. The molecule has 2 aliphatic rings. The number of halogens is 1. The van der Waals surface area contributed by atoms with Crippen molar-refractivity contribution in [2.45, 2.75) is 6.04 Å². The Morgan fingerprint density at radius 3 is 2.95 bits per heavy atom. The number of hydrogen-bond donors (Lipinski definition) is 2. The van der Waals surface area contributed by atoms with E-state index in [2.05, 4.69) is 23.8 Å². The average Bonchev–Trinajstić information content (AvgIpc) is 2.46. The van der Waals surface area contributed by atoms with Crippen LogP contribution in [0.25, 0.3) is 17.3 Å². The molecule has 0 saturated heterocycles. The highest BCUT2D eigenvalue weighted by Crippen LogP contribution is 2.36. The van der Waals surface area contributed by atoms with Crippen LogP contribution in [0, 0.1) is 5.82 Å². The fraction of sp³-hybridized carbons (Fsp3) is 0.250. The minimum Gasteiger partial charge on any atom is -0.373 e. The van der Waals surface area contributed by atoms with Gasteiger partial charge in [0.05, 0.1) is 19.3 Å². The summed E-state index contributed by atoms with van der Waals surface area (Å²) in [4.78, 5) is 0. The van der Waals surface area contributed by atoms with Gasteiger partial charge in [-0.1, -0.05) is 19.2 Å². The Labute approximate surface area is 117 Å². The van der Waals surface area contributed by atoms with Crippen LogP contribution >= 0.6 is 0 Å². The van der Waals surface area contributed by atoms with Crippen molar-refractivity contribution in [1.29, 1.82) is 0 Å². The molecular weight excluding hydrogens is 255 g/mol. The SMILES string of the molecule is C=Cc1cc2c(cc1F)C(=C)NC1=C2[C@H](NC)COC1. The van der Waals surface area contributed by atoms with Crippen LogP contribution in [-0.2, 0) is 4.74 Å². The third kappa shape index (κ3) is 1.88. The van der Waals surface area contributed by atoms with E-state index < -0.39 is 0 Å². The highest BCUT2D eigenvalue weighted by Gasteiger charge is 2.30. The van der Waals surface area contributed by atoms with Crippen LogP contribution in [0.15, 0.2) is 31.0 Å². The molecule has 0 fully saturated rings. The summed E-state index contributed by atoms with van der Waals surface area (Å²) in [6, 6.07) is 3.45. The van der Waals surface area contributed by atoms with Gasteiger partial charge in [0.15, 0.2) is 0 Å². The van der Waals surface area contributed by atoms with Crippen LogP contribution in [0.1, 0.15) is 16.7 Å². The highest BCUT2D eigenvalue weighted by atomic mass is 19.1. The van der Waals surface area contributed by atoms with Crippen molar-refractivity contribution in [3.8, 4) is 0 Å². The Morgan fingerprint density at radius 1 is 1.45 bits per heavy atom. The predicted molar refractivity (Wildman–Crippen MR) is 79.2 cm³/mol. The van der Waals surface area contributed by atoms with E-state index in [0.717, 1.165) is 22.4 Å². The van der Waals surface area contributed by atoms with Gasteiger partial charge < -0.3 is 15.4 Å². The summed E-state index contributed by atoms with van der Waals surface area (Å²) >= 11 is 0. The first-order valence-electron chi connectivity index (χ1n) is 6.56. The van der Waals surface area contributed by atoms with Gasteiger partial charge in [0.2, 0.25) is 0 Å². The van der Waals surface area contributed by atoms with E-state index in [1.807, 2.05) is 13.1 Å². The molecule has 1 aromatic rings. The molecule has 2 N–H and O–H groups in total. The molecule has 1 atom stereocenters. The first kappa shape index (κ1) is 13.1. The van der Waals surface area contributed by atoms with Gasteiger partial charge in [0.1, 0.15) is 5.82 Å². The van der Waals surface area contributed by atoms with Crippen molar-refractivity contribution >= 4 is 17.3 Å². The summed E-state index contributed by atoms with van der Waals surface area (Å²) in [5, 5.41) is 6.47. The molecule has 0 bridgehead atoms. The maximum Gasteiger partial charge on any atom is 0.131 e. The molecule has 0 aliphatic carbocycles. The van der Waals surface area contributed by atoms with Crippen LogP contribution in [0.3, 0.4) is 0 Å². The Hall–Kier alpha value is -1.91. The molecule has 104 valence electrons. The predicted octanol–water partition coefficient (Wildman–Crippen LogP) is 2.37. The topological polar surface area (TPSA) is 33.3 Å². The highest BCUT2D eigenvalue weighted by molar-refractivity contribution is 5.88. The summed E-state index contributed by atoms with van der Waals surface area (Å²) in [7, 11) is 1.89. The van der Waals surface area contributed by atoms with Crippen LogP contribution in [0.5, 0.6) is 0 Å². The van der Waals surface area contributed by atoms with Crippen molar-refractivity contribution in [3.05, 3.63) is 53.5 Å². The second-order valence-electron chi connectivity index (χ2n) is 4.98. The third-order valence-corrected chi connectivity index (χ3v) is 3.83. The number of hydrogen-bond acceptors (Lipinski definition) is 3. The van der Waals surface area contributed by atoms with Gasteiger partial charge in [-0.05, 0) is 24.7 Å². The van der Waals surface area contributed by atoms with E-state index in [-0.39, 0.29) is 11.9 Å². The lowest BCUT2D eigenvalue weighted by Crippen LogP contribution is -2.40. The summed E-state index contributed by atoms with van der Waals surface area (Å²) in [5.41, 5.74) is 5.14. The van der Waals surface area contributed by atoms with Gasteiger partial charge in [-0.25, -0.2) is 4.39 Å². The summed E-state index contributed by atoms with van der Waals surface area (Å²) in [6.07, 6.45) is 1.54. The Balaban J connectivity index is 2.24. The maximum atomic E-state index is 14.0. The van der Waals surface area contributed by atoms with Gasteiger partial charge in [-0.15, -0.1) is 0 Å². The fourth-order valence-electron chi connectivity index (χ4n) is 2.80. The van der Waals surface area contributed by atoms with Crippen LogP contribution in [0.2, 0.25) is 0 Å². The number of rotatable bonds is 2. The fourth-order valence-corrected chi connectivity index (χ4v) is 2.80. The van der Waals surface area contributed by atoms with E-state index in [1.54, 1.807) is 0 Å². The first-order chi connectivity index (χ1) is 9.65. The van der Waals surface area contributed by atoms with Gasteiger partial charge in [-0.3, -0.25) is 0 Å². The number of ether oxygens (including phenoxy) is 1. The monoisotopic (exact) mass is 272 g/mol. The summed E-state index contributed by atoms with van der Waals surface area (Å²) in [6.45, 7) is 8.77. The Morgan fingerprint density at radius 2 is 2.25 bits per heavy atom. The van der Waals surface area contributed by atoms with E-state index >= 15 is 0 Å². The second-order valence-corrected chi connectivity index (χ2v) is 4.98. The standard InChI is InChI=1S/C16H17FN2O/c1-4-10-5-12-11(6-13(10)17)9(2)19-15-8-20-7-14(18-3)16(12)15/h4-6,14,18-19H,1-2,7-8H2,3H3/t14-/m1/s1. The average molecular weight is 272 g/mol. The van der Waals surface area contributed by atoms with E-state index in [4.69, 9.17) is 4.74 Å². The molecule has 2 heterocycles. The van der Waals surface area contributed by atoms with E-state index in [0.29, 0.717) is 24.5 Å². The van der Waals surface area contributed by atoms with Gasteiger partial charge in [-0.2, -0.15) is 0 Å². The van der Waals surface area contributed by atoms with Gasteiger partial charge in [0, 0.05) is 28.1 Å². The molecule has 2 aliphatic heterocycles. The van der Waals surface area contributed by atoms with Crippen LogP contribution in [-0.4, -0.2) is 26.3 Å². The molecule has 0 spiro atoms. The first-order valence-corrected chi connectivity index (χ1v) is 6.56. The molecule has 3 rings (SSSR count). The minimum absolute atomic E-state index is 0.0845. The third-order valence-electron chi connectivity index (χ3n) is 3.83. The largest absolute Gasteiger partial charge is 0.373 e. The molecule has 0 saturated carbocycles. The summed E-state index contributed by atoms with van der Waals surface area (Å²) in [5.74, 6) is -0.279. The number of fused-ring (bicyclic) bond motifs is 2. The minimum atomic E-state index is -0.279. The lowest BCUT2D eigenvalue weighted by Gasteiger charge is -2.35. The molecule has 1 aromatic carbocycles. The molecule has 0 radical (unpaired) electrons. The molecular formula is C16H17FN2O. The molecule has 3 nitrogen and oxygen atoms in total. The Bertz CT molecular complexity index is 634. The Kier molecular flexibility index (Phi) is 3.20. The van der Waals surface area contributed by atoms with E-state index in [9.17, 15) is 4.39 Å². The zero-order chi connectivity index (χ0) is 14.3. The van der Waals surface area contributed by atoms with Gasteiger partial charge in [0.25, 0.3) is 0 Å². The zero-order valence-corrected chi connectivity index (χ0v) is 11.4. The smallest absolute Gasteiger partial charge is 0.131 e. The molecule has 4 heteroatoms. The molecule has 0 amide bonds. The van der Waals surface area contributed by atoms with E-state index in [1.165, 1.54) is 12.1 Å². The van der Waals surface area contributed by atoms with Gasteiger partial charge >= 0.3 is 0 Å². The van der Waals surface area contributed by atoms with Crippen molar-refractivity contribution in [2.24, 2.45) is 0 Å². The van der Waals surface area contributed by atoms with Crippen molar-refractivity contribution < 1.29 is 9.13 Å². The number of benzene rings is 1. The van der Waals surface area contributed by atoms with Crippen LogP contribution < -0.4 is 10.6 Å². The number of nitrogens with one attached hydrogen (secondary N) is 2. The lowest BCUT2D eigenvalue weighted by molar-refractivity contribution is 0.132. The normalized spacial score (nSPS) is 21.1. The molecule has 0 unspecified atom stereocenters. The quantitative estimate of drug-likeness (QED) is 0.867. The van der Waals surface area contributed by atoms with Crippen molar-refractivity contribution in [1.82, 2.24) is 10.6 Å². The molecule has 0 aromatic heterocycles. The lowest BCUT2D eigenvalue weighted by atomic mass is 9.86. The van der Waals surface area contributed by atoms with Crippen LogP contribution in [0.4, 0.5) is 4.39 Å². The second kappa shape index (κ2) is 4.89.